The fraction of sp³-hybridized carbons (Fsp3) is 0.333. The third-order valence-electron chi connectivity index (χ3n) is 4.98. The average Bonchev–Trinajstić information content (AvgIpc) is 2.87. The average molecular weight is 417 g/mol. The van der Waals surface area contributed by atoms with E-state index >= 15 is 0 Å². The fourth-order valence-electron chi connectivity index (χ4n) is 3.65. The number of aryl methyl sites for hydroxylation is 2. The smallest absolute Gasteiger partial charge is 0.260 e. The number of methoxy groups -OCH3 is 2. The van der Waals surface area contributed by atoms with Crippen molar-refractivity contribution in [2.75, 3.05) is 14.2 Å². The second-order valence-electron chi connectivity index (χ2n) is 6.77. The zero-order chi connectivity index (χ0) is 19.7. The summed E-state index contributed by atoms with van der Waals surface area (Å²) in [6, 6.07) is 3.61. The molecule has 0 fully saturated rings. The van der Waals surface area contributed by atoms with Crippen LogP contribution in [0.1, 0.15) is 41.1 Å². The van der Waals surface area contributed by atoms with Crippen LogP contribution in [-0.4, -0.2) is 24.2 Å². The molecule has 5 nitrogen and oxygen atoms in total. The lowest BCUT2D eigenvalue weighted by molar-refractivity contribution is 0.355. The minimum atomic E-state index is -0.0607. The number of rotatable bonds is 4. The van der Waals surface area contributed by atoms with Gasteiger partial charge in [-0.2, -0.15) is 0 Å². The third-order valence-corrected chi connectivity index (χ3v) is 6.45. The molecule has 1 N–H and O–H groups in total. The summed E-state index contributed by atoms with van der Waals surface area (Å²) in [6.07, 6.45) is 9.19. The summed E-state index contributed by atoms with van der Waals surface area (Å²) >= 11 is 7.91. The number of fused-ring (bicyclic) bond motifs is 3. The molecule has 0 bridgehead atoms. The van der Waals surface area contributed by atoms with E-state index in [0.717, 1.165) is 35.0 Å². The fourth-order valence-corrected chi connectivity index (χ4v) is 5.21. The van der Waals surface area contributed by atoms with Crippen LogP contribution in [0.15, 0.2) is 16.9 Å². The Kier molecular flexibility index (Phi) is 5.42. The molecule has 0 atom stereocenters. The molecule has 0 aliphatic heterocycles. The van der Waals surface area contributed by atoms with E-state index in [-0.39, 0.29) is 5.56 Å². The molecule has 0 unspecified atom stereocenters. The minimum absolute atomic E-state index is 0.0607. The first kappa shape index (κ1) is 19.0. The van der Waals surface area contributed by atoms with E-state index in [0.29, 0.717) is 22.3 Å². The van der Waals surface area contributed by atoms with Crippen molar-refractivity contribution in [1.29, 1.82) is 0 Å². The van der Waals surface area contributed by atoms with E-state index in [4.69, 9.17) is 21.1 Å². The first-order valence-electron chi connectivity index (χ1n) is 9.25. The van der Waals surface area contributed by atoms with E-state index in [1.165, 1.54) is 23.3 Å². The first-order valence-corrected chi connectivity index (χ1v) is 10.4. The van der Waals surface area contributed by atoms with Crippen molar-refractivity contribution >= 4 is 45.3 Å². The van der Waals surface area contributed by atoms with E-state index in [9.17, 15) is 4.79 Å². The number of aromatic amines is 1. The van der Waals surface area contributed by atoms with Crippen molar-refractivity contribution in [1.82, 2.24) is 9.97 Å². The summed E-state index contributed by atoms with van der Waals surface area (Å²) in [5, 5.41) is 1.23. The maximum absolute atomic E-state index is 12.7. The number of ether oxygens (including phenoxy) is 2. The van der Waals surface area contributed by atoms with E-state index in [1.54, 1.807) is 37.7 Å². The Labute approximate surface area is 172 Å². The summed E-state index contributed by atoms with van der Waals surface area (Å²) in [5.74, 6) is 1.57. The number of nitrogens with one attached hydrogen (secondary N) is 1. The van der Waals surface area contributed by atoms with Gasteiger partial charge >= 0.3 is 0 Å². The molecule has 1 aliphatic carbocycles. The summed E-state index contributed by atoms with van der Waals surface area (Å²) in [4.78, 5) is 22.4. The van der Waals surface area contributed by atoms with Gasteiger partial charge in [-0.25, -0.2) is 4.98 Å². The lowest BCUT2D eigenvalue weighted by Gasteiger charge is -2.10. The van der Waals surface area contributed by atoms with Gasteiger partial charge in [0.05, 0.1) is 24.6 Å². The standard InChI is InChI=1S/C21H21ClN2O3S/c1-26-15-11-12(10-14(22)19(15)27-2)8-9-17-23-20(25)18-13-6-4-3-5-7-16(13)28-21(18)24-17/h8-11H,3-7H2,1-2H3,(H,23,24,25)/b9-8+. The Morgan fingerprint density at radius 3 is 2.75 bits per heavy atom. The van der Waals surface area contributed by atoms with Gasteiger partial charge in [0.2, 0.25) is 0 Å². The molecule has 1 aromatic carbocycles. The van der Waals surface area contributed by atoms with Gasteiger partial charge in [-0.15, -0.1) is 11.3 Å². The van der Waals surface area contributed by atoms with Crippen molar-refractivity contribution in [3.63, 3.8) is 0 Å². The molecule has 0 saturated carbocycles. The number of benzene rings is 1. The highest BCUT2D eigenvalue weighted by Crippen LogP contribution is 2.36. The van der Waals surface area contributed by atoms with Crippen LogP contribution in [0.25, 0.3) is 22.4 Å². The molecule has 7 heteroatoms. The highest BCUT2D eigenvalue weighted by atomic mass is 35.5. The third kappa shape index (κ3) is 3.54. The first-order chi connectivity index (χ1) is 13.6. The highest BCUT2D eigenvalue weighted by molar-refractivity contribution is 7.18. The summed E-state index contributed by atoms with van der Waals surface area (Å²) in [7, 11) is 3.11. The van der Waals surface area contributed by atoms with Gasteiger partial charge in [-0.05, 0) is 55.0 Å². The predicted octanol–water partition coefficient (Wildman–Crippen LogP) is 5.09. The molecule has 2 heterocycles. The Hall–Kier alpha value is -2.31. The molecule has 2 aromatic heterocycles. The lowest BCUT2D eigenvalue weighted by atomic mass is 10.1. The van der Waals surface area contributed by atoms with Crippen molar-refractivity contribution < 1.29 is 9.47 Å². The number of hydrogen-bond donors (Lipinski definition) is 1. The van der Waals surface area contributed by atoms with Gasteiger partial charge in [0.25, 0.3) is 5.56 Å². The van der Waals surface area contributed by atoms with Gasteiger partial charge < -0.3 is 14.5 Å². The molecule has 4 rings (SSSR count). The molecular formula is C21H21ClN2O3S. The zero-order valence-electron chi connectivity index (χ0n) is 15.8. The Morgan fingerprint density at radius 2 is 1.96 bits per heavy atom. The van der Waals surface area contributed by atoms with Crippen LogP contribution in [0.2, 0.25) is 5.02 Å². The molecule has 3 aromatic rings. The molecule has 0 amide bonds. The van der Waals surface area contributed by atoms with Crippen LogP contribution >= 0.6 is 22.9 Å². The van der Waals surface area contributed by atoms with Crippen LogP contribution in [-0.2, 0) is 12.8 Å². The number of hydrogen-bond acceptors (Lipinski definition) is 5. The van der Waals surface area contributed by atoms with E-state index in [1.807, 2.05) is 12.1 Å². The maximum atomic E-state index is 12.7. The molecule has 1 aliphatic rings. The van der Waals surface area contributed by atoms with Crippen molar-refractivity contribution in [2.24, 2.45) is 0 Å². The molecule has 0 spiro atoms. The highest BCUT2D eigenvalue weighted by Gasteiger charge is 2.18. The molecule has 28 heavy (non-hydrogen) atoms. The normalized spacial score (nSPS) is 14.2. The van der Waals surface area contributed by atoms with Crippen molar-refractivity contribution in [3.8, 4) is 11.5 Å². The lowest BCUT2D eigenvalue weighted by Crippen LogP contribution is -2.10. The SMILES string of the molecule is COc1cc(/C=C/c2nc3sc4c(c3c(=O)[nH]2)CCCCC4)cc(Cl)c1OC. The molecule has 0 radical (unpaired) electrons. The topological polar surface area (TPSA) is 64.2 Å². The summed E-state index contributed by atoms with van der Waals surface area (Å²) < 4.78 is 10.6. The second kappa shape index (κ2) is 7.97. The van der Waals surface area contributed by atoms with Crippen LogP contribution < -0.4 is 15.0 Å². The van der Waals surface area contributed by atoms with Gasteiger partial charge in [0.1, 0.15) is 10.7 Å². The maximum Gasteiger partial charge on any atom is 0.260 e. The summed E-state index contributed by atoms with van der Waals surface area (Å²) in [6.45, 7) is 0. The van der Waals surface area contributed by atoms with Gasteiger partial charge in [0.15, 0.2) is 11.5 Å². The van der Waals surface area contributed by atoms with Gasteiger partial charge in [-0.3, -0.25) is 4.79 Å². The van der Waals surface area contributed by atoms with Crippen LogP contribution in [0.5, 0.6) is 11.5 Å². The number of aromatic nitrogens is 2. The van der Waals surface area contributed by atoms with Gasteiger partial charge in [0, 0.05) is 4.88 Å². The van der Waals surface area contributed by atoms with Crippen LogP contribution in [0, 0.1) is 0 Å². The van der Waals surface area contributed by atoms with Gasteiger partial charge in [-0.1, -0.05) is 24.1 Å². The quantitative estimate of drug-likeness (QED) is 0.601. The second-order valence-corrected chi connectivity index (χ2v) is 8.26. The number of halogens is 1. The van der Waals surface area contributed by atoms with Crippen LogP contribution in [0.3, 0.4) is 0 Å². The number of thiophene rings is 1. The Balaban J connectivity index is 1.71. The predicted molar refractivity (Wildman–Crippen MR) is 115 cm³/mol. The monoisotopic (exact) mass is 416 g/mol. The van der Waals surface area contributed by atoms with Crippen LogP contribution in [0.4, 0.5) is 0 Å². The Morgan fingerprint density at radius 1 is 1.14 bits per heavy atom. The van der Waals surface area contributed by atoms with E-state index < -0.39 is 0 Å². The van der Waals surface area contributed by atoms with Crippen molar-refractivity contribution in [2.45, 2.75) is 32.1 Å². The molecule has 0 saturated heterocycles. The number of nitrogens with zero attached hydrogens (tertiary/aromatic N) is 1. The molecule has 146 valence electrons. The summed E-state index contributed by atoms with van der Waals surface area (Å²) in [5.41, 5.74) is 1.97. The van der Waals surface area contributed by atoms with E-state index in [2.05, 4.69) is 9.97 Å². The Bertz CT molecular complexity index is 1120. The number of H-pyrrole nitrogens is 1. The van der Waals surface area contributed by atoms with Crippen molar-refractivity contribution in [3.05, 3.63) is 49.3 Å². The zero-order valence-corrected chi connectivity index (χ0v) is 17.4. The largest absolute Gasteiger partial charge is 0.493 e. The molecular weight excluding hydrogens is 396 g/mol. The minimum Gasteiger partial charge on any atom is -0.493 e.